The van der Waals surface area contributed by atoms with Gasteiger partial charge in [0.1, 0.15) is 0 Å². The minimum Gasteiger partial charge on any atom is -0.364 e. The summed E-state index contributed by atoms with van der Waals surface area (Å²) in [5.74, 6) is 1.04. The number of hydrogen-bond donors (Lipinski definition) is 0. The third-order valence-corrected chi connectivity index (χ3v) is 5.05. The van der Waals surface area contributed by atoms with Crippen LogP contribution in [0.2, 0.25) is 0 Å². The van der Waals surface area contributed by atoms with Gasteiger partial charge in [-0.2, -0.15) is 0 Å². The van der Waals surface area contributed by atoms with Crippen molar-refractivity contribution in [1.29, 1.82) is 0 Å². The standard InChI is InChI=1S/C19H36N2O/c1-12(2)15-16(13(3)4)21(14(5)6)19(9,10)17(22)18(7,8)20(15)11/h12-14H,1-11H3. The molecule has 3 nitrogen and oxygen atoms in total. The van der Waals surface area contributed by atoms with Gasteiger partial charge in [-0.15, -0.1) is 0 Å². The van der Waals surface area contributed by atoms with Gasteiger partial charge < -0.3 is 9.80 Å². The van der Waals surface area contributed by atoms with Crippen LogP contribution in [0.3, 0.4) is 0 Å². The number of allylic oxidation sites excluding steroid dienone is 2. The summed E-state index contributed by atoms with van der Waals surface area (Å²) in [7, 11) is 2.08. The van der Waals surface area contributed by atoms with Crippen LogP contribution in [0.4, 0.5) is 0 Å². The summed E-state index contributed by atoms with van der Waals surface area (Å²) in [6, 6.07) is 0.285. The lowest BCUT2D eigenvalue weighted by Gasteiger charge is -2.45. The van der Waals surface area contributed by atoms with E-state index in [0.717, 1.165) is 0 Å². The summed E-state index contributed by atoms with van der Waals surface area (Å²) in [5, 5.41) is 0. The van der Waals surface area contributed by atoms with E-state index in [0.29, 0.717) is 11.8 Å². The average Bonchev–Trinajstić information content (AvgIpc) is 2.38. The minimum absolute atomic E-state index is 0.282. The lowest BCUT2D eigenvalue weighted by atomic mass is 9.82. The van der Waals surface area contributed by atoms with Crippen LogP contribution in [0.15, 0.2) is 11.4 Å². The second-order valence-electron chi connectivity index (χ2n) is 8.55. The van der Waals surface area contributed by atoms with Gasteiger partial charge in [-0.05, 0) is 53.4 Å². The fraction of sp³-hybridized carbons (Fsp3) is 0.842. The van der Waals surface area contributed by atoms with Crippen LogP contribution < -0.4 is 0 Å². The first-order valence-electron chi connectivity index (χ1n) is 8.60. The third kappa shape index (κ3) is 2.79. The van der Waals surface area contributed by atoms with Gasteiger partial charge in [0.25, 0.3) is 0 Å². The van der Waals surface area contributed by atoms with Crippen LogP contribution in [-0.4, -0.2) is 39.8 Å². The van der Waals surface area contributed by atoms with E-state index in [1.54, 1.807) is 0 Å². The van der Waals surface area contributed by atoms with Crippen LogP contribution in [0.25, 0.3) is 0 Å². The van der Waals surface area contributed by atoms with Crippen molar-refractivity contribution in [3.63, 3.8) is 0 Å². The van der Waals surface area contributed by atoms with Crippen molar-refractivity contribution >= 4 is 5.78 Å². The normalized spacial score (nSPS) is 22.2. The highest BCUT2D eigenvalue weighted by molar-refractivity contribution is 5.96. The topological polar surface area (TPSA) is 23.6 Å². The number of rotatable bonds is 3. The molecule has 0 amide bonds. The fourth-order valence-electron chi connectivity index (χ4n) is 4.09. The van der Waals surface area contributed by atoms with Gasteiger partial charge >= 0.3 is 0 Å². The molecule has 1 aliphatic heterocycles. The number of likely N-dealkylation sites (N-methyl/N-ethyl adjacent to an activating group) is 1. The van der Waals surface area contributed by atoms with Crippen molar-refractivity contribution in [3.05, 3.63) is 11.4 Å². The molecule has 0 saturated carbocycles. The van der Waals surface area contributed by atoms with Gasteiger partial charge in [-0.25, -0.2) is 0 Å². The zero-order valence-electron chi connectivity index (χ0n) is 16.5. The highest BCUT2D eigenvalue weighted by Crippen LogP contribution is 2.42. The Morgan fingerprint density at radius 1 is 0.773 bits per heavy atom. The largest absolute Gasteiger partial charge is 0.364 e. The van der Waals surface area contributed by atoms with Crippen LogP contribution in [0.1, 0.15) is 69.2 Å². The number of Topliss-reactive ketones (excluding diaryl/α,β-unsaturated/α-hetero) is 1. The number of nitrogens with zero attached hydrogens (tertiary/aromatic N) is 2. The molecule has 0 aliphatic carbocycles. The predicted molar refractivity (Wildman–Crippen MR) is 94.6 cm³/mol. The maximum atomic E-state index is 13.3. The molecule has 1 heterocycles. The molecule has 1 aliphatic rings. The maximum absolute atomic E-state index is 13.3. The van der Waals surface area contributed by atoms with Crippen molar-refractivity contribution in [1.82, 2.24) is 9.80 Å². The van der Waals surface area contributed by atoms with Crippen LogP contribution >= 0.6 is 0 Å². The molecule has 1 rings (SSSR count). The van der Waals surface area contributed by atoms with Crippen molar-refractivity contribution in [2.45, 2.75) is 86.4 Å². The highest BCUT2D eigenvalue weighted by atomic mass is 16.1. The number of ketones is 1. The Labute approximate surface area is 137 Å². The van der Waals surface area contributed by atoms with E-state index in [9.17, 15) is 4.79 Å². The molecule has 0 atom stereocenters. The molecule has 0 bridgehead atoms. The van der Waals surface area contributed by atoms with E-state index in [-0.39, 0.29) is 11.8 Å². The molecule has 0 radical (unpaired) electrons. The molecule has 0 N–H and O–H groups in total. The van der Waals surface area contributed by atoms with E-state index in [4.69, 9.17) is 0 Å². The van der Waals surface area contributed by atoms with Crippen LogP contribution in [0.5, 0.6) is 0 Å². The summed E-state index contributed by atoms with van der Waals surface area (Å²) < 4.78 is 0. The first-order chi connectivity index (χ1) is 9.77. The van der Waals surface area contributed by atoms with Gasteiger partial charge in [0.15, 0.2) is 5.78 Å². The van der Waals surface area contributed by atoms with Crippen molar-refractivity contribution in [2.24, 2.45) is 11.8 Å². The highest BCUT2D eigenvalue weighted by Gasteiger charge is 2.51. The Balaban J connectivity index is 3.83. The van der Waals surface area contributed by atoms with Gasteiger partial charge in [-0.1, -0.05) is 27.7 Å². The summed E-state index contributed by atoms with van der Waals surface area (Å²) in [6.45, 7) is 21.6. The van der Waals surface area contributed by atoms with E-state index in [2.05, 4.69) is 86.1 Å². The Morgan fingerprint density at radius 3 is 1.50 bits per heavy atom. The SMILES string of the molecule is CC(C)C1=C(C(C)C)N(C(C)C)C(C)(C)C(=O)C(C)(C)N1C. The molecule has 128 valence electrons. The Morgan fingerprint density at radius 2 is 1.18 bits per heavy atom. The first-order valence-corrected chi connectivity index (χ1v) is 8.60. The molecule has 22 heavy (non-hydrogen) atoms. The van der Waals surface area contributed by atoms with Gasteiger partial charge in [0, 0.05) is 24.5 Å². The molecular weight excluding hydrogens is 272 g/mol. The fourth-order valence-corrected chi connectivity index (χ4v) is 4.09. The van der Waals surface area contributed by atoms with Crippen LogP contribution in [-0.2, 0) is 4.79 Å². The molecular formula is C19H36N2O. The lowest BCUT2D eigenvalue weighted by molar-refractivity contribution is -0.137. The molecule has 0 saturated heterocycles. The molecule has 0 aromatic rings. The molecule has 3 heteroatoms. The average molecular weight is 309 g/mol. The second kappa shape index (κ2) is 5.90. The van der Waals surface area contributed by atoms with E-state index in [1.165, 1.54) is 11.4 Å². The first kappa shape index (κ1) is 19.1. The maximum Gasteiger partial charge on any atom is 0.182 e. The summed E-state index contributed by atoms with van der Waals surface area (Å²) in [5.41, 5.74) is 1.60. The quantitative estimate of drug-likeness (QED) is 0.777. The zero-order valence-corrected chi connectivity index (χ0v) is 16.5. The smallest absolute Gasteiger partial charge is 0.182 e. The molecule has 0 spiro atoms. The van der Waals surface area contributed by atoms with Crippen molar-refractivity contribution in [2.75, 3.05) is 7.05 Å². The summed E-state index contributed by atoms with van der Waals surface area (Å²) in [4.78, 5) is 17.9. The Hall–Kier alpha value is -0.990. The minimum atomic E-state index is -0.512. The van der Waals surface area contributed by atoms with E-state index >= 15 is 0 Å². The van der Waals surface area contributed by atoms with Gasteiger partial charge in [0.05, 0.1) is 11.1 Å². The van der Waals surface area contributed by atoms with Crippen LogP contribution in [0, 0.1) is 11.8 Å². The van der Waals surface area contributed by atoms with E-state index < -0.39 is 11.1 Å². The lowest BCUT2D eigenvalue weighted by Crippen LogP contribution is -2.59. The van der Waals surface area contributed by atoms with Gasteiger partial charge in [-0.3, -0.25) is 4.79 Å². The number of carbonyl (C=O) groups is 1. The molecule has 0 aromatic heterocycles. The number of hydrogen-bond acceptors (Lipinski definition) is 3. The van der Waals surface area contributed by atoms with E-state index in [1.807, 2.05) is 0 Å². The monoisotopic (exact) mass is 308 g/mol. The molecule has 0 fully saturated rings. The molecule has 0 unspecified atom stereocenters. The predicted octanol–water partition coefficient (Wildman–Crippen LogP) is 4.29. The number of carbonyl (C=O) groups excluding carboxylic acids is 1. The third-order valence-electron chi connectivity index (χ3n) is 5.05. The second-order valence-corrected chi connectivity index (χ2v) is 8.55. The zero-order chi connectivity index (χ0) is 17.6. The van der Waals surface area contributed by atoms with Crippen molar-refractivity contribution < 1.29 is 4.79 Å². The Kier molecular flexibility index (Phi) is 5.11. The summed E-state index contributed by atoms with van der Waals surface area (Å²) >= 11 is 0. The van der Waals surface area contributed by atoms with Crippen molar-refractivity contribution in [3.8, 4) is 0 Å². The molecule has 0 aromatic carbocycles. The summed E-state index contributed by atoms with van der Waals surface area (Å²) in [6.07, 6.45) is 0. The Bertz CT molecular complexity index is 470. The van der Waals surface area contributed by atoms with Gasteiger partial charge in [0.2, 0.25) is 0 Å².